The van der Waals surface area contributed by atoms with E-state index in [9.17, 15) is 4.79 Å². The van der Waals surface area contributed by atoms with Crippen molar-refractivity contribution in [3.63, 3.8) is 0 Å². The zero-order valence-corrected chi connectivity index (χ0v) is 12.4. The van der Waals surface area contributed by atoms with E-state index in [1.54, 1.807) is 6.07 Å². The van der Waals surface area contributed by atoms with Gasteiger partial charge in [-0.25, -0.2) is 0 Å². The molecule has 94 valence electrons. The maximum atomic E-state index is 12.0. The predicted octanol–water partition coefficient (Wildman–Crippen LogP) is 3.41. The highest BCUT2D eigenvalue weighted by atomic mass is 35.5. The molecule has 1 aromatic heterocycles. The van der Waals surface area contributed by atoms with Crippen LogP contribution in [-0.4, -0.2) is 40.8 Å². The molecule has 0 aliphatic carbocycles. The first kappa shape index (κ1) is 13.4. The first-order valence-corrected chi connectivity index (χ1v) is 7.79. The Morgan fingerprint density at radius 3 is 2.88 bits per heavy atom. The molecule has 2 heterocycles. The van der Waals surface area contributed by atoms with Gasteiger partial charge in [-0.15, -0.1) is 11.3 Å². The summed E-state index contributed by atoms with van der Waals surface area (Å²) in [6.07, 6.45) is 0. The van der Waals surface area contributed by atoms with Crippen LogP contribution < -0.4 is 0 Å². The number of carbonyl (C=O) groups is 1. The Hall–Kier alpha value is -0.0300. The summed E-state index contributed by atoms with van der Waals surface area (Å²) in [6.45, 7) is 6.95. The molecule has 0 saturated carbocycles. The Bertz CT molecular complexity index is 416. The van der Waals surface area contributed by atoms with Gasteiger partial charge in [-0.05, 0) is 26.0 Å². The van der Waals surface area contributed by atoms with Crippen molar-refractivity contribution in [2.24, 2.45) is 0 Å². The fourth-order valence-electron chi connectivity index (χ4n) is 1.99. The van der Waals surface area contributed by atoms with Crippen molar-refractivity contribution in [2.75, 3.05) is 25.4 Å². The van der Waals surface area contributed by atoms with Gasteiger partial charge in [0.2, 0.25) is 0 Å². The molecule has 2 rings (SSSR count). The van der Waals surface area contributed by atoms with Crippen molar-refractivity contribution in [1.29, 1.82) is 0 Å². The molecule has 0 atom stereocenters. The van der Waals surface area contributed by atoms with Crippen LogP contribution in [0.15, 0.2) is 12.1 Å². The molecule has 0 bridgehead atoms. The largest absolute Gasteiger partial charge is 0.294 e. The van der Waals surface area contributed by atoms with Crippen molar-refractivity contribution in [2.45, 2.75) is 18.6 Å². The highest BCUT2D eigenvalue weighted by Gasteiger charge is 2.28. The Kier molecular flexibility index (Phi) is 4.18. The molecule has 0 spiro atoms. The third-order valence-electron chi connectivity index (χ3n) is 2.72. The van der Waals surface area contributed by atoms with Crippen LogP contribution in [-0.2, 0) is 0 Å². The summed E-state index contributed by atoms with van der Waals surface area (Å²) in [5, 5.41) is 0. The average molecular weight is 290 g/mol. The Morgan fingerprint density at radius 2 is 2.29 bits per heavy atom. The van der Waals surface area contributed by atoms with E-state index in [2.05, 4.69) is 18.7 Å². The molecule has 0 aromatic carbocycles. The third-order valence-corrected chi connectivity index (χ3v) is 5.29. The fraction of sp³-hybridized carbons (Fsp3) is 0.583. The van der Waals surface area contributed by atoms with Gasteiger partial charge in [0.1, 0.15) is 0 Å². The number of rotatable bonds is 3. The van der Waals surface area contributed by atoms with Gasteiger partial charge >= 0.3 is 0 Å². The van der Waals surface area contributed by atoms with Crippen molar-refractivity contribution >= 4 is 40.5 Å². The lowest BCUT2D eigenvalue weighted by Gasteiger charge is -2.37. The van der Waals surface area contributed by atoms with Gasteiger partial charge < -0.3 is 0 Å². The maximum absolute atomic E-state index is 12.0. The van der Waals surface area contributed by atoms with Crippen LogP contribution in [0.1, 0.15) is 23.5 Å². The zero-order chi connectivity index (χ0) is 12.5. The molecule has 0 N–H and O–H groups in total. The molecule has 1 aliphatic rings. The number of thioether (sulfide) groups is 1. The molecule has 1 aromatic rings. The van der Waals surface area contributed by atoms with E-state index in [4.69, 9.17) is 11.6 Å². The van der Waals surface area contributed by atoms with E-state index < -0.39 is 0 Å². The van der Waals surface area contributed by atoms with Crippen molar-refractivity contribution in [1.82, 2.24) is 4.90 Å². The molecule has 1 aliphatic heterocycles. The normalized spacial score (nSPS) is 20.4. The monoisotopic (exact) mass is 289 g/mol. The number of hydrogen-bond donors (Lipinski definition) is 0. The van der Waals surface area contributed by atoms with Gasteiger partial charge in [0.15, 0.2) is 5.78 Å². The molecular weight excluding hydrogens is 274 g/mol. The quantitative estimate of drug-likeness (QED) is 0.796. The van der Waals surface area contributed by atoms with Crippen LogP contribution in [0.25, 0.3) is 0 Å². The molecule has 0 radical (unpaired) electrons. The molecule has 17 heavy (non-hydrogen) atoms. The van der Waals surface area contributed by atoms with Crippen LogP contribution in [0.5, 0.6) is 0 Å². The number of Topliss-reactive ketones (excluding diaryl/α,β-unsaturated/α-hetero) is 1. The van der Waals surface area contributed by atoms with Gasteiger partial charge in [0.25, 0.3) is 0 Å². The summed E-state index contributed by atoms with van der Waals surface area (Å²) in [5.74, 6) is 1.29. The van der Waals surface area contributed by atoms with E-state index in [0.717, 1.165) is 23.7 Å². The zero-order valence-electron chi connectivity index (χ0n) is 10.0. The number of nitrogens with zero attached hydrogens (tertiary/aromatic N) is 1. The fourth-order valence-corrected chi connectivity index (χ4v) is 4.14. The number of ketones is 1. The Labute approximate surface area is 115 Å². The second kappa shape index (κ2) is 5.31. The second-order valence-corrected chi connectivity index (χ2v) is 8.36. The Balaban J connectivity index is 1.95. The SMILES string of the molecule is CC1(C)CN(CC(=O)c2ccc(Cl)s2)CCS1. The maximum Gasteiger partial charge on any atom is 0.186 e. The topological polar surface area (TPSA) is 20.3 Å². The summed E-state index contributed by atoms with van der Waals surface area (Å²) in [6, 6.07) is 3.61. The molecule has 5 heteroatoms. The van der Waals surface area contributed by atoms with Gasteiger partial charge in [0.05, 0.1) is 15.8 Å². The van der Waals surface area contributed by atoms with Gasteiger partial charge in [-0.2, -0.15) is 11.8 Å². The van der Waals surface area contributed by atoms with Crippen LogP contribution in [0.2, 0.25) is 4.34 Å². The first-order chi connectivity index (χ1) is 7.96. The molecule has 2 nitrogen and oxygen atoms in total. The molecule has 0 amide bonds. The number of thiophene rings is 1. The summed E-state index contributed by atoms with van der Waals surface area (Å²) in [4.78, 5) is 15.1. The minimum atomic E-state index is 0.185. The van der Waals surface area contributed by atoms with Crippen LogP contribution >= 0.6 is 34.7 Å². The van der Waals surface area contributed by atoms with E-state index in [1.807, 2.05) is 17.8 Å². The van der Waals surface area contributed by atoms with E-state index in [1.165, 1.54) is 11.3 Å². The lowest BCUT2D eigenvalue weighted by Crippen LogP contribution is -2.45. The standard InChI is InChI=1S/C12H16ClNOS2/c1-12(2)8-14(5-6-16-12)7-9(15)10-3-4-11(13)17-10/h3-4H,5-8H2,1-2H3. The molecule has 0 unspecified atom stereocenters. The van der Waals surface area contributed by atoms with Crippen molar-refractivity contribution in [3.8, 4) is 0 Å². The average Bonchev–Trinajstić information content (AvgIpc) is 2.63. The van der Waals surface area contributed by atoms with Crippen LogP contribution in [0.3, 0.4) is 0 Å². The number of carbonyl (C=O) groups excluding carboxylic acids is 1. The third kappa shape index (κ3) is 3.71. The van der Waals surface area contributed by atoms with Gasteiger partial charge in [-0.1, -0.05) is 11.6 Å². The highest BCUT2D eigenvalue weighted by Crippen LogP contribution is 2.30. The Morgan fingerprint density at radius 1 is 1.53 bits per heavy atom. The molecule has 1 fully saturated rings. The summed E-state index contributed by atoms with van der Waals surface area (Å²) < 4.78 is 0.939. The first-order valence-electron chi connectivity index (χ1n) is 5.61. The molecule has 1 saturated heterocycles. The van der Waals surface area contributed by atoms with Gasteiger partial charge in [-0.3, -0.25) is 9.69 Å². The minimum Gasteiger partial charge on any atom is -0.294 e. The molecular formula is C12H16ClNOS2. The number of hydrogen-bond acceptors (Lipinski definition) is 4. The summed E-state index contributed by atoms with van der Waals surface area (Å²) >= 11 is 9.19. The van der Waals surface area contributed by atoms with Crippen LogP contribution in [0, 0.1) is 0 Å². The van der Waals surface area contributed by atoms with Crippen molar-refractivity contribution < 1.29 is 4.79 Å². The summed E-state index contributed by atoms with van der Waals surface area (Å²) in [7, 11) is 0. The lowest BCUT2D eigenvalue weighted by molar-refractivity contribution is 0.0931. The second-order valence-electron chi connectivity index (χ2n) is 4.85. The smallest absolute Gasteiger partial charge is 0.186 e. The van der Waals surface area contributed by atoms with E-state index in [-0.39, 0.29) is 10.5 Å². The lowest BCUT2D eigenvalue weighted by atomic mass is 10.1. The minimum absolute atomic E-state index is 0.185. The summed E-state index contributed by atoms with van der Waals surface area (Å²) in [5.41, 5.74) is 0. The van der Waals surface area contributed by atoms with E-state index >= 15 is 0 Å². The predicted molar refractivity (Wildman–Crippen MR) is 76.6 cm³/mol. The van der Waals surface area contributed by atoms with Gasteiger partial charge in [0, 0.05) is 23.6 Å². The van der Waals surface area contributed by atoms with Crippen molar-refractivity contribution in [3.05, 3.63) is 21.3 Å². The highest BCUT2D eigenvalue weighted by molar-refractivity contribution is 8.00. The number of halogens is 1. The van der Waals surface area contributed by atoms with E-state index in [0.29, 0.717) is 10.9 Å². The van der Waals surface area contributed by atoms with Crippen LogP contribution in [0.4, 0.5) is 0 Å².